The smallest absolute Gasteiger partial charge is 0.287 e. The summed E-state index contributed by atoms with van der Waals surface area (Å²) in [6, 6.07) is 1.79. The van der Waals surface area contributed by atoms with Crippen molar-refractivity contribution in [2.24, 2.45) is 7.05 Å². The van der Waals surface area contributed by atoms with Gasteiger partial charge in [-0.3, -0.25) is 9.48 Å². The predicted octanol–water partition coefficient (Wildman–Crippen LogP) is 0.874. The van der Waals surface area contributed by atoms with Gasteiger partial charge in [-0.15, -0.1) is 10.2 Å². The molecule has 7 nitrogen and oxygen atoms in total. The van der Waals surface area contributed by atoms with Gasteiger partial charge in [0.15, 0.2) is 5.82 Å². The Morgan fingerprint density at radius 2 is 2.24 bits per heavy atom. The number of anilines is 2. The number of amides is 1. The number of carbonyl (C=O) groups excluding carboxylic acids is 1. The van der Waals surface area contributed by atoms with E-state index in [1.807, 2.05) is 14.0 Å². The molecule has 0 aromatic carbocycles. The molecular formula is C9H12N6OS. The Morgan fingerprint density at radius 3 is 2.76 bits per heavy atom. The summed E-state index contributed by atoms with van der Waals surface area (Å²) in [4.78, 5) is 11.8. The molecule has 0 saturated heterocycles. The van der Waals surface area contributed by atoms with E-state index in [-0.39, 0.29) is 5.91 Å². The lowest BCUT2D eigenvalue weighted by molar-refractivity contribution is 0.102. The third-order valence-electron chi connectivity index (χ3n) is 2.19. The Bertz CT molecular complexity index is 526. The van der Waals surface area contributed by atoms with E-state index in [1.54, 1.807) is 17.8 Å². The summed E-state index contributed by atoms with van der Waals surface area (Å²) in [6.07, 6.45) is 0. The molecule has 2 aromatic heterocycles. The van der Waals surface area contributed by atoms with Gasteiger partial charge in [-0.2, -0.15) is 5.10 Å². The highest BCUT2D eigenvalue weighted by molar-refractivity contribution is 7.17. The molecular weight excluding hydrogens is 240 g/mol. The first-order valence-electron chi connectivity index (χ1n) is 4.93. The molecule has 8 heteroatoms. The predicted molar refractivity (Wildman–Crippen MR) is 65.4 cm³/mol. The molecule has 0 aliphatic rings. The number of nitrogens with one attached hydrogen (secondary N) is 2. The van der Waals surface area contributed by atoms with Crippen LogP contribution in [0.2, 0.25) is 0 Å². The number of hydrogen-bond acceptors (Lipinski definition) is 6. The standard InChI is InChI=1S/C9H12N6OS/c1-5-4-6(14-15(5)3)11-7(16)8-12-13-9(10-2)17-8/h4H,1-3H3,(H,10,13)(H,11,14,16). The summed E-state index contributed by atoms with van der Waals surface area (Å²) in [5.41, 5.74) is 0.966. The van der Waals surface area contributed by atoms with E-state index < -0.39 is 0 Å². The molecule has 0 spiro atoms. The van der Waals surface area contributed by atoms with Gasteiger partial charge in [-0.25, -0.2) is 0 Å². The average molecular weight is 252 g/mol. The van der Waals surface area contributed by atoms with Gasteiger partial charge in [0.05, 0.1) is 0 Å². The lowest BCUT2D eigenvalue weighted by Crippen LogP contribution is -2.12. The molecule has 0 radical (unpaired) electrons. The second kappa shape index (κ2) is 4.50. The van der Waals surface area contributed by atoms with E-state index in [4.69, 9.17) is 0 Å². The van der Waals surface area contributed by atoms with Gasteiger partial charge in [0.25, 0.3) is 5.91 Å². The largest absolute Gasteiger partial charge is 0.363 e. The van der Waals surface area contributed by atoms with E-state index in [1.165, 1.54) is 11.3 Å². The molecule has 2 aromatic rings. The first-order chi connectivity index (χ1) is 8.10. The molecule has 2 heterocycles. The molecule has 2 rings (SSSR count). The van der Waals surface area contributed by atoms with Gasteiger partial charge in [0.1, 0.15) is 0 Å². The Balaban J connectivity index is 2.11. The topological polar surface area (TPSA) is 84.7 Å². The zero-order valence-electron chi connectivity index (χ0n) is 9.68. The van der Waals surface area contributed by atoms with Crippen LogP contribution in [0.25, 0.3) is 0 Å². The summed E-state index contributed by atoms with van der Waals surface area (Å²) in [7, 11) is 3.54. The Labute approximate surface area is 102 Å². The molecule has 0 fully saturated rings. The molecule has 0 bridgehead atoms. The zero-order valence-corrected chi connectivity index (χ0v) is 10.5. The Morgan fingerprint density at radius 1 is 1.47 bits per heavy atom. The van der Waals surface area contributed by atoms with E-state index in [0.717, 1.165) is 5.69 Å². The molecule has 17 heavy (non-hydrogen) atoms. The van der Waals surface area contributed by atoms with E-state index in [0.29, 0.717) is 16.0 Å². The quantitative estimate of drug-likeness (QED) is 0.846. The highest BCUT2D eigenvalue weighted by Crippen LogP contribution is 2.16. The maximum Gasteiger partial charge on any atom is 0.287 e. The van der Waals surface area contributed by atoms with Crippen molar-refractivity contribution in [3.63, 3.8) is 0 Å². The van der Waals surface area contributed by atoms with Crippen molar-refractivity contribution >= 4 is 28.2 Å². The maximum absolute atomic E-state index is 11.8. The fourth-order valence-corrected chi connectivity index (χ4v) is 1.80. The summed E-state index contributed by atoms with van der Waals surface area (Å²) in [6.45, 7) is 1.91. The second-order valence-corrected chi connectivity index (χ2v) is 4.39. The van der Waals surface area contributed by atoms with Crippen molar-refractivity contribution in [2.75, 3.05) is 17.7 Å². The SMILES string of the molecule is CNc1nnc(C(=O)Nc2cc(C)n(C)n2)s1. The van der Waals surface area contributed by atoms with Crippen molar-refractivity contribution in [3.8, 4) is 0 Å². The molecule has 90 valence electrons. The van der Waals surface area contributed by atoms with Crippen LogP contribution in [0.15, 0.2) is 6.07 Å². The Hall–Kier alpha value is -1.96. The van der Waals surface area contributed by atoms with Crippen LogP contribution in [0.5, 0.6) is 0 Å². The van der Waals surface area contributed by atoms with Gasteiger partial charge in [-0.05, 0) is 6.92 Å². The first-order valence-corrected chi connectivity index (χ1v) is 5.75. The molecule has 0 aliphatic heterocycles. The van der Waals surface area contributed by atoms with E-state index >= 15 is 0 Å². The summed E-state index contributed by atoms with van der Waals surface area (Å²) in [5, 5.41) is 18.1. The number of aryl methyl sites for hydroxylation is 2. The average Bonchev–Trinajstić information content (AvgIpc) is 2.87. The third-order valence-corrected chi connectivity index (χ3v) is 3.13. The van der Waals surface area contributed by atoms with Crippen LogP contribution >= 0.6 is 11.3 Å². The van der Waals surface area contributed by atoms with E-state index in [2.05, 4.69) is 25.9 Å². The van der Waals surface area contributed by atoms with Gasteiger partial charge in [-0.1, -0.05) is 11.3 Å². The van der Waals surface area contributed by atoms with Crippen molar-refractivity contribution in [3.05, 3.63) is 16.8 Å². The Kier molecular flexibility index (Phi) is 3.05. The van der Waals surface area contributed by atoms with Gasteiger partial charge >= 0.3 is 0 Å². The molecule has 2 N–H and O–H groups in total. The fraction of sp³-hybridized carbons (Fsp3) is 0.333. The van der Waals surface area contributed by atoms with Crippen LogP contribution in [-0.2, 0) is 7.05 Å². The van der Waals surface area contributed by atoms with Crippen LogP contribution in [0.1, 0.15) is 15.5 Å². The van der Waals surface area contributed by atoms with Gasteiger partial charge < -0.3 is 10.6 Å². The van der Waals surface area contributed by atoms with E-state index in [9.17, 15) is 4.79 Å². The van der Waals surface area contributed by atoms with Crippen LogP contribution < -0.4 is 10.6 Å². The van der Waals surface area contributed by atoms with Crippen LogP contribution in [0, 0.1) is 6.92 Å². The van der Waals surface area contributed by atoms with Gasteiger partial charge in [0, 0.05) is 25.9 Å². The molecule has 1 amide bonds. The molecule has 0 saturated carbocycles. The number of nitrogens with zero attached hydrogens (tertiary/aromatic N) is 4. The monoisotopic (exact) mass is 252 g/mol. The highest BCUT2D eigenvalue weighted by atomic mass is 32.1. The molecule has 0 unspecified atom stereocenters. The fourth-order valence-electron chi connectivity index (χ4n) is 1.21. The van der Waals surface area contributed by atoms with Crippen molar-refractivity contribution < 1.29 is 4.79 Å². The molecule has 0 aliphatic carbocycles. The van der Waals surface area contributed by atoms with Crippen LogP contribution in [-0.4, -0.2) is 32.9 Å². The zero-order chi connectivity index (χ0) is 12.4. The first kappa shape index (κ1) is 11.5. The summed E-state index contributed by atoms with van der Waals surface area (Å²) >= 11 is 1.19. The van der Waals surface area contributed by atoms with Crippen molar-refractivity contribution in [1.82, 2.24) is 20.0 Å². The normalized spacial score (nSPS) is 10.3. The van der Waals surface area contributed by atoms with Crippen LogP contribution in [0.3, 0.4) is 0 Å². The minimum Gasteiger partial charge on any atom is -0.363 e. The lowest BCUT2D eigenvalue weighted by Gasteiger charge is -1.96. The third kappa shape index (κ3) is 2.41. The van der Waals surface area contributed by atoms with Crippen molar-refractivity contribution in [1.29, 1.82) is 0 Å². The highest BCUT2D eigenvalue weighted by Gasteiger charge is 2.13. The summed E-state index contributed by atoms with van der Waals surface area (Å²) < 4.78 is 1.69. The number of hydrogen-bond donors (Lipinski definition) is 2. The second-order valence-electron chi connectivity index (χ2n) is 3.41. The van der Waals surface area contributed by atoms with Crippen LogP contribution in [0.4, 0.5) is 10.9 Å². The lowest BCUT2D eigenvalue weighted by atomic mass is 10.4. The minimum absolute atomic E-state index is 0.303. The molecule has 0 atom stereocenters. The minimum atomic E-state index is -0.304. The number of aromatic nitrogens is 4. The number of rotatable bonds is 3. The van der Waals surface area contributed by atoms with Crippen molar-refractivity contribution in [2.45, 2.75) is 6.92 Å². The maximum atomic E-state index is 11.8. The summed E-state index contributed by atoms with van der Waals surface area (Å²) in [5.74, 6) is 0.207. The number of carbonyl (C=O) groups is 1. The van der Waals surface area contributed by atoms with Gasteiger partial charge in [0.2, 0.25) is 10.1 Å².